The van der Waals surface area contributed by atoms with Crippen molar-refractivity contribution in [2.24, 2.45) is 5.84 Å². The Morgan fingerprint density at radius 2 is 2.28 bits per heavy atom. The van der Waals surface area contributed by atoms with Crippen molar-refractivity contribution < 1.29 is 8.81 Å². The fourth-order valence-corrected chi connectivity index (χ4v) is 2.72. The minimum absolute atomic E-state index is 0.0444. The molecule has 18 heavy (non-hydrogen) atoms. The molecule has 1 aromatic heterocycles. The predicted octanol–water partition coefficient (Wildman–Crippen LogP) is 3.22. The van der Waals surface area contributed by atoms with Crippen LogP contribution in [0.3, 0.4) is 0 Å². The first kappa shape index (κ1) is 13.4. The number of hydrogen-bond donors (Lipinski definition) is 2. The molecular weight excluding hydrogens is 251 g/mol. The summed E-state index contributed by atoms with van der Waals surface area (Å²) in [6.07, 6.45) is 1.13. The summed E-state index contributed by atoms with van der Waals surface area (Å²) in [5, 5.41) is 0.769. The van der Waals surface area contributed by atoms with E-state index in [0.717, 1.165) is 29.1 Å². The van der Waals surface area contributed by atoms with Crippen LogP contribution in [0.4, 0.5) is 4.39 Å². The highest BCUT2D eigenvalue weighted by Crippen LogP contribution is 2.26. The Bertz CT molecular complexity index is 515. The largest absolute Gasteiger partial charge is 0.459 e. The fraction of sp³-hybridized carbons (Fsp3) is 0.385. The average molecular weight is 268 g/mol. The van der Waals surface area contributed by atoms with E-state index >= 15 is 0 Å². The van der Waals surface area contributed by atoms with Gasteiger partial charge < -0.3 is 4.42 Å². The average Bonchev–Trinajstić information content (AvgIpc) is 2.77. The second kappa shape index (κ2) is 6.22. The molecule has 1 heterocycles. The third-order valence-electron chi connectivity index (χ3n) is 2.68. The SMILES string of the molecule is CCCSCC(NN)c1cc2cc(F)ccc2o1. The molecule has 3 N–H and O–H groups in total. The van der Waals surface area contributed by atoms with E-state index in [1.807, 2.05) is 17.8 Å². The summed E-state index contributed by atoms with van der Waals surface area (Å²) in [4.78, 5) is 0. The molecule has 0 bridgehead atoms. The first-order chi connectivity index (χ1) is 8.74. The van der Waals surface area contributed by atoms with Crippen LogP contribution in [0.5, 0.6) is 0 Å². The van der Waals surface area contributed by atoms with Crippen molar-refractivity contribution in [3.8, 4) is 0 Å². The highest BCUT2D eigenvalue weighted by Gasteiger charge is 2.15. The summed E-state index contributed by atoms with van der Waals surface area (Å²) >= 11 is 1.82. The monoisotopic (exact) mass is 268 g/mol. The molecule has 0 saturated carbocycles. The lowest BCUT2D eigenvalue weighted by atomic mass is 10.2. The van der Waals surface area contributed by atoms with Gasteiger partial charge in [-0.1, -0.05) is 6.92 Å². The van der Waals surface area contributed by atoms with Gasteiger partial charge in [0, 0.05) is 11.1 Å². The van der Waals surface area contributed by atoms with Gasteiger partial charge in [0.2, 0.25) is 0 Å². The van der Waals surface area contributed by atoms with Crippen LogP contribution in [0.15, 0.2) is 28.7 Å². The third-order valence-corrected chi connectivity index (χ3v) is 3.94. The van der Waals surface area contributed by atoms with E-state index in [9.17, 15) is 4.39 Å². The maximum Gasteiger partial charge on any atom is 0.134 e. The Hall–Kier alpha value is -1.04. The summed E-state index contributed by atoms with van der Waals surface area (Å²) in [5.74, 6) is 7.97. The van der Waals surface area contributed by atoms with Crippen molar-refractivity contribution in [3.63, 3.8) is 0 Å². The molecule has 0 aliphatic rings. The van der Waals surface area contributed by atoms with Gasteiger partial charge >= 0.3 is 0 Å². The third kappa shape index (κ3) is 3.04. The lowest BCUT2D eigenvalue weighted by molar-refractivity contribution is 0.463. The van der Waals surface area contributed by atoms with Crippen LogP contribution in [-0.2, 0) is 0 Å². The number of rotatable bonds is 6. The zero-order chi connectivity index (χ0) is 13.0. The first-order valence-corrected chi connectivity index (χ1v) is 7.13. The lowest BCUT2D eigenvalue weighted by Gasteiger charge is -2.12. The van der Waals surface area contributed by atoms with Crippen LogP contribution in [0.25, 0.3) is 11.0 Å². The summed E-state index contributed by atoms with van der Waals surface area (Å²) in [7, 11) is 0. The van der Waals surface area contributed by atoms with E-state index in [1.54, 1.807) is 6.07 Å². The van der Waals surface area contributed by atoms with E-state index in [4.69, 9.17) is 10.3 Å². The van der Waals surface area contributed by atoms with Crippen LogP contribution in [0.2, 0.25) is 0 Å². The lowest BCUT2D eigenvalue weighted by Crippen LogP contribution is -2.29. The van der Waals surface area contributed by atoms with Gasteiger partial charge in [-0.05, 0) is 36.4 Å². The molecule has 5 heteroatoms. The van der Waals surface area contributed by atoms with Gasteiger partial charge in [0.05, 0.1) is 6.04 Å². The number of thioether (sulfide) groups is 1. The molecule has 0 saturated heterocycles. The zero-order valence-electron chi connectivity index (χ0n) is 10.3. The molecule has 2 aromatic rings. The van der Waals surface area contributed by atoms with Crippen molar-refractivity contribution in [1.29, 1.82) is 0 Å². The Balaban J connectivity index is 2.17. The highest BCUT2D eigenvalue weighted by molar-refractivity contribution is 7.99. The van der Waals surface area contributed by atoms with E-state index in [0.29, 0.717) is 5.58 Å². The summed E-state index contributed by atoms with van der Waals surface area (Å²) in [6.45, 7) is 2.14. The van der Waals surface area contributed by atoms with Crippen LogP contribution in [0, 0.1) is 5.82 Å². The standard InChI is InChI=1S/C13H17FN2OS/c1-2-5-18-8-11(16-15)13-7-9-6-10(14)3-4-12(9)17-13/h3-4,6-7,11,16H,2,5,8,15H2,1H3. The Kier molecular flexibility index (Phi) is 4.63. The van der Waals surface area contributed by atoms with Crippen molar-refractivity contribution in [1.82, 2.24) is 5.43 Å². The van der Waals surface area contributed by atoms with Crippen LogP contribution < -0.4 is 11.3 Å². The molecule has 0 radical (unpaired) electrons. The van der Waals surface area contributed by atoms with Gasteiger partial charge in [-0.3, -0.25) is 5.84 Å². The van der Waals surface area contributed by atoms with Crippen LogP contribution in [-0.4, -0.2) is 11.5 Å². The molecule has 1 unspecified atom stereocenters. The van der Waals surface area contributed by atoms with E-state index < -0.39 is 0 Å². The molecule has 0 aliphatic heterocycles. The van der Waals surface area contributed by atoms with Crippen molar-refractivity contribution in [2.45, 2.75) is 19.4 Å². The Morgan fingerprint density at radius 3 is 3.00 bits per heavy atom. The van der Waals surface area contributed by atoms with E-state index in [1.165, 1.54) is 12.1 Å². The number of hydrogen-bond acceptors (Lipinski definition) is 4. The summed E-state index contributed by atoms with van der Waals surface area (Å²) < 4.78 is 18.8. The minimum atomic E-state index is -0.257. The molecule has 0 amide bonds. The van der Waals surface area contributed by atoms with Gasteiger partial charge in [0.15, 0.2) is 0 Å². The van der Waals surface area contributed by atoms with Crippen molar-refractivity contribution >= 4 is 22.7 Å². The second-order valence-corrected chi connectivity index (χ2v) is 5.27. The number of halogens is 1. The Labute approximate surface area is 110 Å². The molecule has 0 fully saturated rings. The number of nitrogens with one attached hydrogen (secondary N) is 1. The van der Waals surface area contributed by atoms with Gasteiger partial charge in [0.1, 0.15) is 17.2 Å². The van der Waals surface area contributed by atoms with Crippen LogP contribution >= 0.6 is 11.8 Å². The molecular formula is C13H17FN2OS. The quantitative estimate of drug-likeness (QED) is 0.480. The molecule has 1 aromatic carbocycles. The van der Waals surface area contributed by atoms with Gasteiger partial charge in [-0.25, -0.2) is 9.82 Å². The summed E-state index contributed by atoms with van der Waals surface area (Å²) in [5.41, 5.74) is 3.43. The molecule has 3 nitrogen and oxygen atoms in total. The molecule has 2 rings (SSSR count). The van der Waals surface area contributed by atoms with E-state index in [-0.39, 0.29) is 11.9 Å². The Morgan fingerprint density at radius 1 is 1.44 bits per heavy atom. The number of nitrogens with two attached hydrogens (primary N) is 1. The number of fused-ring (bicyclic) bond motifs is 1. The topological polar surface area (TPSA) is 51.2 Å². The van der Waals surface area contributed by atoms with Crippen molar-refractivity contribution in [2.75, 3.05) is 11.5 Å². The first-order valence-electron chi connectivity index (χ1n) is 5.97. The van der Waals surface area contributed by atoms with Crippen LogP contribution in [0.1, 0.15) is 25.1 Å². The second-order valence-electron chi connectivity index (χ2n) is 4.13. The predicted molar refractivity (Wildman–Crippen MR) is 73.9 cm³/mol. The molecule has 0 aliphatic carbocycles. The maximum absolute atomic E-state index is 13.1. The number of hydrazine groups is 1. The zero-order valence-corrected chi connectivity index (χ0v) is 11.1. The van der Waals surface area contributed by atoms with Gasteiger partial charge in [0.25, 0.3) is 0 Å². The number of benzene rings is 1. The molecule has 0 spiro atoms. The van der Waals surface area contributed by atoms with Gasteiger partial charge in [-0.2, -0.15) is 11.8 Å². The summed E-state index contributed by atoms with van der Waals surface area (Å²) in [6, 6.07) is 6.30. The van der Waals surface area contributed by atoms with E-state index in [2.05, 4.69) is 12.3 Å². The molecule has 98 valence electrons. The van der Waals surface area contributed by atoms with Gasteiger partial charge in [-0.15, -0.1) is 0 Å². The number of furan rings is 1. The highest BCUT2D eigenvalue weighted by atomic mass is 32.2. The fourth-order valence-electron chi connectivity index (χ4n) is 1.76. The normalized spacial score (nSPS) is 13.1. The maximum atomic E-state index is 13.1. The smallest absolute Gasteiger partial charge is 0.134 e. The molecule has 1 atom stereocenters. The van der Waals surface area contributed by atoms with Crippen molar-refractivity contribution in [3.05, 3.63) is 35.8 Å². The minimum Gasteiger partial charge on any atom is -0.459 e.